The molecule has 0 amide bonds. The predicted octanol–water partition coefficient (Wildman–Crippen LogP) is 6.70. The molecule has 0 bridgehead atoms. The number of rotatable bonds is 15. The van der Waals surface area contributed by atoms with Crippen molar-refractivity contribution in [3.8, 4) is 0 Å². The highest BCUT2D eigenvalue weighted by Crippen LogP contribution is 2.10. The minimum atomic E-state index is -0.833. The molecule has 1 aromatic carbocycles. The summed E-state index contributed by atoms with van der Waals surface area (Å²) in [5.41, 5.74) is 0.837. The fourth-order valence-corrected chi connectivity index (χ4v) is 3.46. The van der Waals surface area contributed by atoms with Crippen molar-refractivity contribution in [1.29, 1.82) is 0 Å². The van der Waals surface area contributed by atoms with Crippen molar-refractivity contribution in [3.05, 3.63) is 58.9 Å². The van der Waals surface area contributed by atoms with Crippen LogP contribution in [-0.4, -0.2) is 38.3 Å². The van der Waals surface area contributed by atoms with Crippen LogP contribution in [-0.2, 0) is 9.59 Å². The molecule has 7 heteroatoms. The number of hydrogen-bond donors (Lipinski definition) is 4. The van der Waals surface area contributed by atoms with Crippen molar-refractivity contribution >= 4 is 22.8 Å². The molecule has 2 aromatic rings. The monoisotopic (exact) mass is 503 g/mol. The number of aliphatic carboxylic acids is 2. The molecule has 36 heavy (non-hydrogen) atoms. The van der Waals surface area contributed by atoms with Crippen LogP contribution in [0.1, 0.15) is 97.3 Å². The number of allylic oxidation sites excluding steroid dienone is 1. The van der Waals surface area contributed by atoms with Gasteiger partial charge in [-0.2, -0.15) is 0 Å². The number of hydrogen-bond acceptors (Lipinski definition) is 4. The molecule has 0 spiro atoms. The van der Waals surface area contributed by atoms with Crippen LogP contribution in [0.2, 0.25) is 0 Å². The minimum absolute atomic E-state index is 0.0521. The number of pyridine rings is 1. The summed E-state index contributed by atoms with van der Waals surface area (Å²) in [7, 11) is 0. The summed E-state index contributed by atoms with van der Waals surface area (Å²) in [6.45, 7) is 3.28. The predicted molar refractivity (Wildman–Crippen MR) is 146 cm³/mol. The Balaban J connectivity index is 0.000000667. The molecule has 0 radical (unpaired) electrons. The summed E-state index contributed by atoms with van der Waals surface area (Å²) in [6.07, 6.45) is 17.4. The second kappa shape index (κ2) is 22.5. The molecule has 0 aliphatic heterocycles. The first kappa shape index (κ1) is 33.1. The molecule has 4 N–H and O–H groups in total. The standard InChI is InChI=1S/C18H34O3.C9H7NO.C2H4O2/c1-2-3-4-11-14-17(19)15-12-9-7-5-6-8-10-13-16-18(20)21;11-9-6-5-7-3-1-2-4-8(7)10-9;1-2(3)4/h9,12,17,19H,2-8,10-11,13-16H2,1H3,(H,20,21);1-6H,(H,10,11);1H3,(H,3,4)/b12-9-;;/t17-;;/m1../s1. The van der Waals surface area contributed by atoms with Crippen molar-refractivity contribution < 1.29 is 24.9 Å². The smallest absolute Gasteiger partial charge is 0.303 e. The van der Waals surface area contributed by atoms with Crippen molar-refractivity contribution in [2.45, 2.75) is 103 Å². The molecule has 0 saturated carbocycles. The highest BCUT2D eigenvalue weighted by atomic mass is 16.4. The number of H-pyrrole nitrogens is 1. The number of carboxylic acid groups (broad SMARTS) is 2. The summed E-state index contributed by atoms with van der Waals surface area (Å²) in [6, 6.07) is 11.0. The zero-order chi connectivity index (χ0) is 27.0. The number of fused-ring (bicyclic) bond motifs is 1. The Kier molecular flexibility index (Phi) is 20.7. The van der Waals surface area contributed by atoms with E-state index in [-0.39, 0.29) is 11.7 Å². The van der Waals surface area contributed by atoms with E-state index in [1.807, 2.05) is 30.3 Å². The molecule has 0 saturated heterocycles. The summed E-state index contributed by atoms with van der Waals surface area (Å²) in [4.78, 5) is 32.9. The van der Waals surface area contributed by atoms with Gasteiger partial charge >= 0.3 is 5.97 Å². The average molecular weight is 504 g/mol. The maximum absolute atomic E-state index is 10.8. The number of carboxylic acids is 2. The number of carbonyl (C=O) groups is 2. The number of para-hydroxylation sites is 1. The fraction of sp³-hybridized carbons (Fsp3) is 0.552. The number of aliphatic hydroxyl groups is 1. The second-order valence-corrected chi connectivity index (χ2v) is 8.84. The van der Waals surface area contributed by atoms with E-state index in [1.54, 1.807) is 0 Å². The molecule has 0 aliphatic rings. The Morgan fingerprint density at radius 1 is 0.889 bits per heavy atom. The summed E-state index contributed by atoms with van der Waals surface area (Å²) >= 11 is 0. The summed E-state index contributed by atoms with van der Waals surface area (Å²) in [5, 5.41) is 26.8. The van der Waals surface area contributed by atoms with Gasteiger partial charge in [-0.15, -0.1) is 0 Å². The lowest BCUT2D eigenvalue weighted by Gasteiger charge is -2.07. The van der Waals surface area contributed by atoms with Gasteiger partial charge in [0.2, 0.25) is 5.56 Å². The van der Waals surface area contributed by atoms with Gasteiger partial charge in [-0.25, -0.2) is 0 Å². The third kappa shape index (κ3) is 21.6. The van der Waals surface area contributed by atoms with Crippen LogP contribution in [0.25, 0.3) is 10.9 Å². The van der Waals surface area contributed by atoms with E-state index in [0.717, 1.165) is 69.2 Å². The van der Waals surface area contributed by atoms with Crippen LogP contribution in [0.4, 0.5) is 0 Å². The van der Waals surface area contributed by atoms with Crippen LogP contribution in [0.5, 0.6) is 0 Å². The van der Waals surface area contributed by atoms with Crippen molar-refractivity contribution in [1.82, 2.24) is 4.98 Å². The average Bonchev–Trinajstić information content (AvgIpc) is 2.83. The van der Waals surface area contributed by atoms with Gasteiger partial charge in [0, 0.05) is 24.9 Å². The SMILES string of the molecule is CC(=O)O.CCCCCC[C@@H](O)C/C=C\CCCCCCCC(=O)O.O=c1ccc2ccccc2[nH]1. The van der Waals surface area contributed by atoms with Crippen LogP contribution in [0.15, 0.2) is 53.3 Å². The van der Waals surface area contributed by atoms with Gasteiger partial charge in [0.25, 0.3) is 5.97 Å². The van der Waals surface area contributed by atoms with E-state index in [0.29, 0.717) is 6.42 Å². The topological polar surface area (TPSA) is 128 Å². The van der Waals surface area contributed by atoms with Crippen molar-refractivity contribution in [2.75, 3.05) is 0 Å². The van der Waals surface area contributed by atoms with Gasteiger partial charge in [0.1, 0.15) is 0 Å². The number of benzene rings is 1. The van der Waals surface area contributed by atoms with Crippen LogP contribution in [0.3, 0.4) is 0 Å². The quantitative estimate of drug-likeness (QED) is 0.158. The lowest BCUT2D eigenvalue weighted by molar-refractivity contribution is -0.137. The Morgan fingerprint density at radius 3 is 2.22 bits per heavy atom. The number of unbranched alkanes of at least 4 members (excludes halogenated alkanes) is 8. The third-order valence-electron chi connectivity index (χ3n) is 5.36. The van der Waals surface area contributed by atoms with E-state index >= 15 is 0 Å². The molecule has 202 valence electrons. The zero-order valence-corrected chi connectivity index (χ0v) is 22.0. The Bertz CT molecular complexity index is 917. The number of nitrogens with one attached hydrogen (secondary N) is 1. The fourth-order valence-electron chi connectivity index (χ4n) is 3.46. The lowest BCUT2D eigenvalue weighted by Crippen LogP contribution is -2.04. The minimum Gasteiger partial charge on any atom is -0.481 e. The number of aromatic amines is 1. The van der Waals surface area contributed by atoms with E-state index in [4.69, 9.17) is 15.0 Å². The van der Waals surface area contributed by atoms with Gasteiger partial charge in [-0.3, -0.25) is 14.4 Å². The molecule has 0 fully saturated rings. The first-order valence-corrected chi connectivity index (χ1v) is 13.1. The van der Waals surface area contributed by atoms with Gasteiger partial charge in [0.05, 0.1) is 6.10 Å². The summed E-state index contributed by atoms with van der Waals surface area (Å²) < 4.78 is 0. The molecule has 0 aliphatic carbocycles. The van der Waals surface area contributed by atoms with Crippen LogP contribution >= 0.6 is 0 Å². The largest absolute Gasteiger partial charge is 0.481 e. The first-order chi connectivity index (χ1) is 17.3. The highest BCUT2D eigenvalue weighted by Gasteiger charge is 2.00. The molecular formula is C29H45NO6. The highest BCUT2D eigenvalue weighted by molar-refractivity contribution is 5.77. The third-order valence-corrected chi connectivity index (χ3v) is 5.36. The molecule has 1 atom stereocenters. The van der Waals surface area contributed by atoms with Gasteiger partial charge in [-0.1, -0.05) is 82.2 Å². The second-order valence-electron chi connectivity index (χ2n) is 8.84. The molecule has 7 nitrogen and oxygen atoms in total. The van der Waals surface area contributed by atoms with E-state index < -0.39 is 11.9 Å². The maximum Gasteiger partial charge on any atom is 0.303 e. The van der Waals surface area contributed by atoms with Gasteiger partial charge in [0.15, 0.2) is 0 Å². The number of aromatic nitrogens is 1. The Morgan fingerprint density at radius 2 is 1.53 bits per heavy atom. The molecule has 1 aromatic heterocycles. The molecule has 0 unspecified atom stereocenters. The normalized spacial score (nSPS) is 11.3. The van der Waals surface area contributed by atoms with Crippen LogP contribution < -0.4 is 5.56 Å². The van der Waals surface area contributed by atoms with Crippen molar-refractivity contribution in [2.24, 2.45) is 0 Å². The van der Waals surface area contributed by atoms with Gasteiger partial charge in [-0.05, 0) is 49.6 Å². The number of aliphatic hydroxyl groups excluding tert-OH is 1. The molecular weight excluding hydrogens is 458 g/mol. The Labute approximate surface area is 215 Å². The Hall–Kier alpha value is -2.93. The lowest BCUT2D eigenvalue weighted by atomic mass is 10.1. The maximum atomic E-state index is 10.8. The zero-order valence-electron chi connectivity index (χ0n) is 22.0. The molecule has 2 rings (SSSR count). The van der Waals surface area contributed by atoms with Gasteiger partial charge < -0.3 is 20.3 Å². The van der Waals surface area contributed by atoms with Crippen LogP contribution in [0, 0.1) is 0 Å². The van der Waals surface area contributed by atoms with E-state index in [9.17, 15) is 14.7 Å². The van der Waals surface area contributed by atoms with E-state index in [1.165, 1.54) is 31.7 Å². The van der Waals surface area contributed by atoms with E-state index in [2.05, 4.69) is 24.1 Å². The molecule has 1 heterocycles. The summed E-state index contributed by atoms with van der Waals surface area (Å²) in [5.74, 6) is -1.52. The van der Waals surface area contributed by atoms with Crippen molar-refractivity contribution in [3.63, 3.8) is 0 Å². The first-order valence-electron chi connectivity index (χ1n) is 13.1.